The molecule has 0 aromatic heterocycles. The predicted octanol–water partition coefficient (Wildman–Crippen LogP) is 1.73. The first-order valence-corrected chi connectivity index (χ1v) is 5.94. The molecule has 2 saturated heterocycles. The maximum atomic E-state index is 11.8. The third-order valence-electron chi connectivity index (χ3n) is 3.37. The molecule has 2 atom stereocenters. The van der Waals surface area contributed by atoms with Gasteiger partial charge in [0.05, 0.1) is 0 Å². The number of likely N-dealkylation sites (tertiary alicyclic amines) is 1. The van der Waals surface area contributed by atoms with Crippen LogP contribution < -0.4 is 5.32 Å². The minimum atomic E-state index is 0. The van der Waals surface area contributed by atoms with Crippen molar-refractivity contribution in [3.8, 4) is 0 Å². The van der Waals surface area contributed by atoms with Crippen LogP contribution in [0.2, 0.25) is 0 Å². The summed E-state index contributed by atoms with van der Waals surface area (Å²) in [6.07, 6.45) is 7.02. The van der Waals surface area contributed by atoms with Crippen molar-refractivity contribution >= 4 is 18.3 Å². The zero-order chi connectivity index (χ0) is 10.7. The molecule has 0 aliphatic carbocycles. The van der Waals surface area contributed by atoms with E-state index in [0.29, 0.717) is 24.4 Å². The first-order valence-electron chi connectivity index (χ1n) is 5.94. The van der Waals surface area contributed by atoms with E-state index in [4.69, 9.17) is 0 Å². The number of piperazine rings is 1. The molecule has 0 aromatic rings. The van der Waals surface area contributed by atoms with Crippen LogP contribution in [0.15, 0.2) is 12.7 Å². The van der Waals surface area contributed by atoms with Gasteiger partial charge in [-0.25, -0.2) is 0 Å². The number of nitrogens with zero attached hydrogens (tertiary/aromatic N) is 1. The van der Waals surface area contributed by atoms with Gasteiger partial charge < -0.3 is 10.2 Å². The Balaban J connectivity index is 0.00000128. The second kappa shape index (κ2) is 6.26. The van der Waals surface area contributed by atoms with Gasteiger partial charge >= 0.3 is 0 Å². The van der Waals surface area contributed by atoms with Crippen molar-refractivity contribution in [1.82, 2.24) is 10.2 Å². The molecular formula is C12H21ClN2O. The predicted molar refractivity (Wildman–Crippen MR) is 67.8 cm³/mol. The van der Waals surface area contributed by atoms with Gasteiger partial charge in [-0.05, 0) is 19.3 Å². The van der Waals surface area contributed by atoms with Gasteiger partial charge in [-0.2, -0.15) is 0 Å². The quantitative estimate of drug-likeness (QED) is 0.767. The maximum Gasteiger partial charge on any atom is 0.222 e. The number of hydrogen-bond donors (Lipinski definition) is 1. The topological polar surface area (TPSA) is 32.3 Å². The highest BCUT2D eigenvalue weighted by Gasteiger charge is 2.31. The second-order valence-corrected chi connectivity index (χ2v) is 4.62. The molecule has 0 spiro atoms. The van der Waals surface area contributed by atoms with E-state index in [0.717, 1.165) is 19.5 Å². The fourth-order valence-corrected chi connectivity index (χ4v) is 2.59. The summed E-state index contributed by atoms with van der Waals surface area (Å²) in [5.41, 5.74) is 0. The lowest BCUT2D eigenvalue weighted by molar-refractivity contribution is -0.133. The maximum absolute atomic E-state index is 11.8. The molecule has 3 nitrogen and oxygen atoms in total. The highest BCUT2D eigenvalue weighted by Crippen LogP contribution is 2.20. The van der Waals surface area contributed by atoms with E-state index in [1.165, 1.54) is 19.3 Å². The molecule has 4 heteroatoms. The van der Waals surface area contributed by atoms with Crippen LogP contribution in [0.3, 0.4) is 0 Å². The van der Waals surface area contributed by atoms with Crippen LogP contribution >= 0.6 is 12.4 Å². The summed E-state index contributed by atoms with van der Waals surface area (Å²) in [6.45, 7) is 5.47. The minimum absolute atomic E-state index is 0. The van der Waals surface area contributed by atoms with E-state index in [1.807, 2.05) is 11.0 Å². The number of hydrogen-bond acceptors (Lipinski definition) is 2. The summed E-state index contributed by atoms with van der Waals surface area (Å²) >= 11 is 0. The number of halogens is 1. The SMILES string of the molecule is C=CCCC(=O)N1CC2CCCC(C1)N2.Cl. The van der Waals surface area contributed by atoms with Crippen molar-refractivity contribution in [2.75, 3.05) is 13.1 Å². The summed E-state index contributed by atoms with van der Waals surface area (Å²) in [5, 5.41) is 3.58. The first-order chi connectivity index (χ1) is 7.29. The molecule has 1 N–H and O–H groups in total. The molecule has 1 amide bonds. The molecule has 2 aliphatic rings. The Kier molecular flexibility index (Phi) is 5.29. The average Bonchev–Trinajstić information content (AvgIpc) is 2.25. The Labute approximate surface area is 104 Å². The van der Waals surface area contributed by atoms with Crippen molar-refractivity contribution < 1.29 is 4.79 Å². The third kappa shape index (κ3) is 3.22. The van der Waals surface area contributed by atoms with E-state index in [2.05, 4.69) is 11.9 Å². The molecular weight excluding hydrogens is 224 g/mol. The van der Waals surface area contributed by atoms with Crippen molar-refractivity contribution in [2.45, 2.75) is 44.2 Å². The Morgan fingerprint density at radius 1 is 1.38 bits per heavy atom. The number of carbonyl (C=O) groups excluding carboxylic acids is 1. The molecule has 16 heavy (non-hydrogen) atoms. The average molecular weight is 245 g/mol. The molecule has 0 radical (unpaired) electrons. The van der Waals surface area contributed by atoms with Gasteiger partial charge in [0.1, 0.15) is 0 Å². The van der Waals surface area contributed by atoms with Crippen LogP contribution in [0.1, 0.15) is 32.1 Å². The lowest BCUT2D eigenvalue weighted by Gasteiger charge is -2.42. The highest BCUT2D eigenvalue weighted by atomic mass is 35.5. The van der Waals surface area contributed by atoms with E-state index >= 15 is 0 Å². The van der Waals surface area contributed by atoms with Gasteiger partial charge in [0.25, 0.3) is 0 Å². The Bertz CT molecular complexity index is 245. The Morgan fingerprint density at radius 3 is 2.56 bits per heavy atom. The van der Waals surface area contributed by atoms with E-state index in [-0.39, 0.29) is 12.4 Å². The van der Waals surface area contributed by atoms with Crippen LogP contribution in [0.4, 0.5) is 0 Å². The van der Waals surface area contributed by atoms with Gasteiger partial charge in [-0.3, -0.25) is 4.79 Å². The van der Waals surface area contributed by atoms with Crippen molar-refractivity contribution in [3.05, 3.63) is 12.7 Å². The number of nitrogens with one attached hydrogen (secondary N) is 1. The molecule has 2 heterocycles. The Hall–Kier alpha value is -0.540. The summed E-state index contributed by atoms with van der Waals surface area (Å²) < 4.78 is 0. The third-order valence-corrected chi connectivity index (χ3v) is 3.37. The number of rotatable bonds is 3. The van der Waals surface area contributed by atoms with E-state index in [9.17, 15) is 4.79 Å². The monoisotopic (exact) mass is 244 g/mol. The van der Waals surface area contributed by atoms with Crippen molar-refractivity contribution in [3.63, 3.8) is 0 Å². The van der Waals surface area contributed by atoms with Crippen molar-refractivity contribution in [1.29, 1.82) is 0 Å². The van der Waals surface area contributed by atoms with Gasteiger partial charge in [0, 0.05) is 31.6 Å². The highest BCUT2D eigenvalue weighted by molar-refractivity contribution is 5.85. The second-order valence-electron chi connectivity index (χ2n) is 4.62. The molecule has 92 valence electrons. The molecule has 2 fully saturated rings. The molecule has 0 saturated carbocycles. The van der Waals surface area contributed by atoms with E-state index < -0.39 is 0 Å². The van der Waals surface area contributed by atoms with Gasteiger partial charge in [0.2, 0.25) is 5.91 Å². The van der Waals surface area contributed by atoms with Crippen LogP contribution in [-0.4, -0.2) is 36.0 Å². The van der Waals surface area contributed by atoms with Gasteiger partial charge in [-0.1, -0.05) is 12.5 Å². The van der Waals surface area contributed by atoms with Crippen LogP contribution in [-0.2, 0) is 4.79 Å². The summed E-state index contributed by atoms with van der Waals surface area (Å²) in [4.78, 5) is 13.9. The normalized spacial score (nSPS) is 28.1. The lowest BCUT2D eigenvalue weighted by atomic mass is 9.94. The summed E-state index contributed by atoms with van der Waals surface area (Å²) in [7, 11) is 0. The van der Waals surface area contributed by atoms with E-state index in [1.54, 1.807) is 0 Å². The zero-order valence-electron chi connectivity index (χ0n) is 9.65. The number of allylic oxidation sites excluding steroid dienone is 1. The fraction of sp³-hybridized carbons (Fsp3) is 0.750. The molecule has 2 bridgehead atoms. The van der Waals surface area contributed by atoms with Gasteiger partial charge in [-0.15, -0.1) is 19.0 Å². The fourth-order valence-electron chi connectivity index (χ4n) is 2.59. The van der Waals surface area contributed by atoms with Crippen LogP contribution in [0.5, 0.6) is 0 Å². The smallest absolute Gasteiger partial charge is 0.222 e. The lowest BCUT2D eigenvalue weighted by Crippen LogP contribution is -2.59. The van der Waals surface area contributed by atoms with Crippen LogP contribution in [0, 0.1) is 0 Å². The number of amides is 1. The molecule has 2 rings (SSSR count). The van der Waals surface area contributed by atoms with Crippen molar-refractivity contribution in [2.24, 2.45) is 0 Å². The zero-order valence-corrected chi connectivity index (χ0v) is 10.5. The Morgan fingerprint density at radius 2 is 2.00 bits per heavy atom. The number of piperidine rings is 1. The minimum Gasteiger partial charge on any atom is -0.340 e. The summed E-state index contributed by atoms with van der Waals surface area (Å²) in [6, 6.07) is 1.09. The van der Waals surface area contributed by atoms with Crippen LogP contribution in [0.25, 0.3) is 0 Å². The van der Waals surface area contributed by atoms with Gasteiger partial charge in [0.15, 0.2) is 0 Å². The molecule has 0 aromatic carbocycles. The number of fused-ring (bicyclic) bond motifs is 2. The molecule has 2 unspecified atom stereocenters. The first kappa shape index (κ1) is 13.5. The standard InChI is InChI=1S/C12H20N2O.ClH/c1-2-3-7-12(15)14-8-10-5-4-6-11(9-14)13-10;/h2,10-11,13H,1,3-9H2;1H. The largest absolute Gasteiger partial charge is 0.340 e. The number of carbonyl (C=O) groups is 1. The summed E-state index contributed by atoms with van der Waals surface area (Å²) in [5.74, 6) is 0.299. The molecule has 2 aliphatic heterocycles.